The predicted octanol–water partition coefficient (Wildman–Crippen LogP) is 4.70. The molecular weight excluding hydrogens is 376 g/mol. The summed E-state index contributed by atoms with van der Waals surface area (Å²) in [6, 6.07) is 14.7. The van der Waals surface area contributed by atoms with Gasteiger partial charge in [-0.1, -0.05) is 42.8 Å². The molecule has 146 valence electrons. The largest absolute Gasteiger partial charge is 0.491 e. The molecule has 0 saturated carbocycles. The molecule has 0 spiro atoms. The fourth-order valence-corrected chi connectivity index (χ4v) is 2.90. The van der Waals surface area contributed by atoms with E-state index in [1.54, 1.807) is 24.4 Å². The van der Waals surface area contributed by atoms with Crippen LogP contribution in [0.5, 0.6) is 5.75 Å². The number of hydrogen-bond acceptors (Lipinski definition) is 3. The molecule has 6 nitrogen and oxygen atoms in total. The van der Waals surface area contributed by atoms with Crippen LogP contribution in [0.4, 0.5) is 10.5 Å². The Balaban J connectivity index is 1.63. The van der Waals surface area contributed by atoms with Crippen molar-refractivity contribution < 1.29 is 9.53 Å². The molecule has 3 aromatic rings. The van der Waals surface area contributed by atoms with Gasteiger partial charge in [0.25, 0.3) is 0 Å². The molecule has 2 N–H and O–H groups in total. The van der Waals surface area contributed by atoms with E-state index in [4.69, 9.17) is 16.3 Å². The second-order valence-corrected chi connectivity index (χ2v) is 6.71. The predicted molar refractivity (Wildman–Crippen MR) is 111 cm³/mol. The highest BCUT2D eigenvalue weighted by Gasteiger charge is 2.10. The zero-order chi connectivity index (χ0) is 19.8. The Morgan fingerprint density at radius 2 is 2.00 bits per heavy atom. The van der Waals surface area contributed by atoms with Crippen molar-refractivity contribution >= 4 is 23.3 Å². The number of halogens is 1. The zero-order valence-electron chi connectivity index (χ0n) is 15.7. The minimum Gasteiger partial charge on any atom is -0.491 e. The first kappa shape index (κ1) is 19.8. The molecule has 1 heterocycles. The van der Waals surface area contributed by atoms with E-state index in [0.29, 0.717) is 36.2 Å². The standard InChI is InChI=1S/C21H23ClN4O2/c1-2-12-28-20-9-8-18(22)13-19(20)25-21(27)23-14-16-6-3-4-7-17(16)15-26-11-5-10-24-26/h3-11,13H,2,12,14-15H2,1H3,(H2,23,25,27). The Bertz CT molecular complexity index is 913. The van der Waals surface area contributed by atoms with Gasteiger partial charge in [0.05, 0.1) is 18.8 Å². The maximum atomic E-state index is 12.4. The molecule has 0 bridgehead atoms. The van der Waals surface area contributed by atoms with Crippen molar-refractivity contribution in [3.63, 3.8) is 0 Å². The first-order chi connectivity index (χ1) is 13.7. The molecule has 0 aliphatic heterocycles. The molecule has 0 fully saturated rings. The third-order valence-corrected chi connectivity index (χ3v) is 4.34. The summed E-state index contributed by atoms with van der Waals surface area (Å²) in [6.45, 7) is 3.64. The van der Waals surface area contributed by atoms with Crippen LogP contribution in [0.15, 0.2) is 60.9 Å². The summed E-state index contributed by atoms with van der Waals surface area (Å²) >= 11 is 6.06. The van der Waals surface area contributed by atoms with Crippen molar-refractivity contribution in [3.05, 3.63) is 77.1 Å². The lowest BCUT2D eigenvalue weighted by molar-refractivity contribution is 0.251. The Morgan fingerprint density at radius 1 is 1.18 bits per heavy atom. The monoisotopic (exact) mass is 398 g/mol. The molecular formula is C21H23ClN4O2. The van der Waals surface area contributed by atoms with E-state index in [0.717, 1.165) is 17.5 Å². The topological polar surface area (TPSA) is 68.2 Å². The number of carbonyl (C=O) groups excluding carboxylic acids is 1. The molecule has 3 rings (SSSR count). The van der Waals surface area contributed by atoms with E-state index in [1.807, 2.05) is 48.1 Å². The SMILES string of the molecule is CCCOc1ccc(Cl)cc1NC(=O)NCc1ccccc1Cn1cccn1. The van der Waals surface area contributed by atoms with Crippen LogP contribution in [0.2, 0.25) is 5.02 Å². The lowest BCUT2D eigenvalue weighted by atomic mass is 10.1. The second kappa shape index (κ2) is 9.80. The lowest BCUT2D eigenvalue weighted by Gasteiger charge is -2.14. The number of anilines is 1. The van der Waals surface area contributed by atoms with Crippen molar-refractivity contribution in [1.82, 2.24) is 15.1 Å². The number of nitrogens with one attached hydrogen (secondary N) is 2. The van der Waals surface area contributed by atoms with Crippen molar-refractivity contribution in [2.24, 2.45) is 0 Å². The quantitative estimate of drug-likeness (QED) is 0.578. The van der Waals surface area contributed by atoms with Crippen molar-refractivity contribution in [1.29, 1.82) is 0 Å². The third kappa shape index (κ3) is 5.50. The van der Waals surface area contributed by atoms with Gasteiger partial charge in [-0.15, -0.1) is 0 Å². The molecule has 0 saturated heterocycles. The number of urea groups is 1. The van der Waals surface area contributed by atoms with Crippen molar-refractivity contribution in [2.75, 3.05) is 11.9 Å². The number of hydrogen-bond donors (Lipinski definition) is 2. The summed E-state index contributed by atoms with van der Waals surface area (Å²) in [5.74, 6) is 0.598. The van der Waals surface area contributed by atoms with Crippen LogP contribution in [0.1, 0.15) is 24.5 Å². The number of amides is 2. The molecule has 0 atom stereocenters. The van der Waals surface area contributed by atoms with Gasteiger partial charge in [0.2, 0.25) is 0 Å². The fraction of sp³-hybridized carbons (Fsp3) is 0.238. The maximum Gasteiger partial charge on any atom is 0.319 e. The van der Waals surface area contributed by atoms with Crippen molar-refractivity contribution in [2.45, 2.75) is 26.4 Å². The van der Waals surface area contributed by atoms with Crippen LogP contribution in [0, 0.1) is 0 Å². The van der Waals surface area contributed by atoms with E-state index >= 15 is 0 Å². The highest BCUT2D eigenvalue weighted by molar-refractivity contribution is 6.31. The van der Waals surface area contributed by atoms with E-state index in [9.17, 15) is 4.79 Å². The van der Waals surface area contributed by atoms with E-state index in [1.165, 1.54) is 0 Å². The molecule has 0 aliphatic carbocycles. The van der Waals surface area contributed by atoms with Gasteiger partial charge in [0.1, 0.15) is 5.75 Å². The van der Waals surface area contributed by atoms with E-state index < -0.39 is 0 Å². The van der Waals surface area contributed by atoms with Gasteiger partial charge in [-0.2, -0.15) is 5.10 Å². The van der Waals surface area contributed by atoms with Crippen molar-refractivity contribution in [3.8, 4) is 5.75 Å². The number of ether oxygens (including phenoxy) is 1. The smallest absolute Gasteiger partial charge is 0.319 e. The van der Waals surface area contributed by atoms with Crippen LogP contribution in [-0.2, 0) is 13.1 Å². The number of benzene rings is 2. The van der Waals surface area contributed by atoms with Gasteiger partial charge in [0, 0.05) is 24.0 Å². The number of nitrogens with zero attached hydrogens (tertiary/aromatic N) is 2. The Kier molecular flexibility index (Phi) is 6.92. The van der Waals surface area contributed by atoms with Crippen LogP contribution in [0.3, 0.4) is 0 Å². The van der Waals surface area contributed by atoms with E-state index in [-0.39, 0.29) is 6.03 Å². The fourth-order valence-electron chi connectivity index (χ4n) is 2.73. The molecule has 2 amide bonds. The van der Waals surface area contributed by atoms with Crippen LogP contribution < -0.4 is 15.4 Å². The average molecular weight is 399 g/mol. The summed E-state index contributed by atoms with van der Waals surface area (Å²) in [7, 11) is 0. The molecule has 28 heavy (non-hydrogen) atoms. The summed E-state index contributed by atoms with van der Waals surface area (Å²) in [5, 5.41) is 10.5. The molecule has 1 aromatic heterocycles. The lowest BCUT2D eigenvalue weighted by Crippen LogP contribution is -2.29. The highest BCUT2D eigenvalue weighted by atomic mass is 35.5. The number of aromatic nitrogens is 2. The molecule has 0 radical (unpaired) electrons. The Hall–Kier alpha value is -2.99. The Labute approximate surface area is 169 Å². The van der Waals surface area contributed by atoms with Crippen LogP contribution in [-0.4, -0.2) is 22.4 Å². The van der Waals surface area contributed by atoms with Gasteiger partial charge >= 0.3 is 6.03 Å². The van der Waals surface area contributed by atoms with Gasteiger partial charge < -0.3 is 15.4 Å². The van der Waals surface area contributed by atoms with E-state index in [2.05, 4.69) is 15.7 Å². The summed E-state index contributed by atoms with van der Waals surface area (Å²) < 4.78 is 7.52. The summed E-state index contributed by atoms with van der Waals surface area (Å²) in [5.41, 5.74) is 2.67. The third-order valence-electron chi connectivity index (χ3n) is 4.10. The number of carbonyl (C=O) groups is 1. The zero-order valence-corrected chi connectivity index (χ0v) is 16.4. The molecule has 7 heteroatoms. The minimum absolute atomic E-state index is 0.322. The molecule has 0 aliphatic rings. The molecule has 2 aromatic carbocycles. The first-order valence-electron chi connectivity index (χ1n) is 9.17. The minimum atomic E-state index is -0.322. The normalized spacial score (nSPS) is 10.5. The second-order valence-electron chi connectivity index (χ2n) is 6.27. The van der Waals surface area contributed by atoms with Gasteiger partial charge in [0.15, 0.2) is 0 Å². The maximum absolute atomic E-state index is 12.4. The van der Waals surface area contributed by atoms with Gasteiger partial charge in [-0.3, -0.25) is 4.68 Å². The summed E-state index contributed by atoms with van der Waals surface area (Å²) in [4.78, 5) is 12.4. The van der Waals surface area contributed by atoms with Gasteiger partial charge in [-0.25, -0.2) is 4.79 Å². The number of rotatable bonds is 8. The first-order valence-corrected chi connectivity index (χ1v) is 9.55. The molecule has 0 unspecified atom stereocenters. The highest BCUT2D eigenvalue weighted by Crippen LogP contribution is 2.28. The van der Waals surface area contributed by atoms with Crippen LogP contribution >= 0.6 is 11.6 Å². The van der Waals surface area contributed by atoms with Crippen LogP contribution in [0.25, 0.3) is 0 Å². The Morgan fingerprint density at radius 3 is 2.75 bits per heavy atom. The van der Waals surface area contributed by atoms with Gasteiger partial charge in [-0.05, 0) is 41.8 Å². The summed E-state index contributed by atoms with van der Waals surface area (Å²) in [6.07, 6.45) is 4.53. The average Bonchev–Trinajstić information content (AvgIpc) is 3.20.